The minimum atomic E-state index is 0.516. The zero-order valence-corrected chi connectivity index (χ0v) is 13.9. The third kappa shape index (κ3) is 6.09. The van der Waals surface area contributed by atoms with Gasteiger partial charge in [0.25, 0.3) is 0 Å². The van der Waals surface area contributed by atoms with E-state index in [-0.39, 0.29) is 0 Å². The summed E-state index contributed by atoms with van der Waals surface area (Å²) in [6.07, 6.45) is 9.50. The Morgan fingerprint density at radius 3 is 1.95 bits per heavy atom. The van der Waals surface area contributed by atoms with Crippen molar-refractivity contribution in [2.24, 2.45) is 0 Å². The van der Waals surface area contributed by atoms with Crippen molar-refractivity contribution in [1.29, 1.82) is 0 Å². The second-order valence-electron chi connectivity index (χ2n) is 6.22. The molecule has 1 N–H and O–H groups in total. The topological polar surface area (TPSA) is 12.0 Å². The van der Waals surface area contributed by atoms with Gasteiger partial charge in [-0.3, -0.25) is 0 Å². The molecular formula is C19H33N. The van der Waals surface area contributed by atoms with Gasteiger partial charge >= 0.3 is 0 Å². The summed E-state index contributed by atoms with van der Waals surface area (Å²) >= 11 is 0. The van der Waals surface area contributed by atoms with Crippen LogP contribution >= 0.6 is 0 Å². The molecule has 0 saturated carbocycles. The molecule has 1 nitrogen and oxygen atoms in total. The molecule has 0 spiro atoms. The van der Waals surface area contributed by atoms with E-state index in [2.05, 4.69) is 57.4 Å². The first-order chi connectivity index (χ1) is 9.69. The monoisotopic (exact) mass is 275 g/mol. The first kappa shape index (κ1) is 17.2. The minimum Gasteiger partial charge on any atom is -0.313 e. The molecule has 0 amide bonds. The summed E-state index contributed by atoms with van der Waals surface area (Å²) < 4.78 is 0. The van der Waals surface area contributed by atoms with Gasteiger partial charge in [-0.1, -0.05) is 83.6 Å². The highest BCUT2D eigenvalue weighted by atomic mass is 14.9. The molecule has 0 heterocycles. The summed E-state index contributed by atoms with van der Waals surface area (Å²) in [5.74, 6) is 0.621. The largest absolute Gasteiger partial charge is 0.313 e. The third-order valence-corrected chi connectivity index (χ3v) is 4.20. The van der Waals surface area contributed by atoms with Crippen LogP contribution in [0.25, 0.3) is 0 Å². The van der Waals surface area contributed by atoms with Gasteiger partial charge in [0.05, 0.1) is 0 Å². The molecule has 0 radical (unpaired) electrons. The predicted octanol–water partition coefficient (Wildman–Crippen LogP) is 5.82. The van der Waals surface area contributed by atoms with E-state index >= 15 is 0 Å². The molecule has 0 aliphatic heterocycles. The van der Waals surface area contributed by atoms with Crippen molar-refractivity contribution in [2.75, 3.05) is 7.05 Å². The second-order valence-corrected chi connectivity index (χ2v) is 6.22. The molecule has 1 heteroatoms. The highest BCUT2D eigenvalue weighted by molar-refractivity contribution is 5.26. The highest BCUT2D eigenvalue weighted by Crippen LogP contribution is 2.22. The van der Waals surface area contributed by atoms with E-state index in [0.717, 1.165) is 0 Å². The number of hydrogen-bond donors (Lipinski definition) is 1. The Labute approximate surface area is 126 Å². The summed E-state index contributed by atoms with van der Waals surface area (Å²) in [7, 11) is 2.08. The van der Waals surface area contributed by atoms with Crippen LogP contribution in [0.1, 0.15) is 88.8 Å². The van der Waals surface area contributed by atoms with E-state index in [1.165, 1.54) is 56.1 Å². The lowest BCUT2D eigenvalue weighted by molar-refractivity contribution is 0.498. The van der Waals surface area contributed by atoms with Crippen LogP contribution in [-0.2, 0) is 0 Å². The van der Waals surface area contributed by atoms with Crippen molar-refractivity contribution in [1.82, 2.24) is 5.32 Å². The van der Waals surface area contributed by atoms with Gasteiger partial charge in [0, 0.05) is 6.04 Å². The first-order valence-electron chi connectivity index (χ1n) is 8.46. The van der Waals surface area contributed by atoms with Crippen LogP contribution in [0.4, 0.5) is 0 Å². The van der Waals surface area contributed by atoms with Crippen molar-refractivity contribution in [3.05, 3.63) is 35.4 Å². The molecule has 1 rings (SSSR count). The van der Waals surface area contributed by atoms with Crippen LogP contribution in [0.5, 0.6) is 0 Å². The number of nitrogens with one attached hydrogen (secondary N) is 1. The highest BCUT2D eigenvalue weighted by Gasteiger charge is 2.09. The van der Waals surface area contributed by atoms with E-state index < -0.39 is 0 Å². The van der Waals surface area contributed by atoms with Crippen molar-refractivity contribution in [2.45, 2.75) is 77.7 Å². The molecule has 0 aliphatic carbocycles. The molecule has 0 bridgehead atoms. The molecule has 1 aromatic rings. The maximum Gasteiger partial charge on any atom is 0.0317 e. The van der Waals surface area contributed by atoms with Gasteiger partial charge in [-0.15, -0.1) is 0 Å². The summed E-state index contributed by atoms with van der Waals surface area (Å²) in [5, 5.41) is 3.47. The Morgan fingerprint density at radius 1 is 0.850 bits per heavy atom. The molecule has 0 aliphatic rings. The van der Waals surface area contributed by atoms with Crippen molar-refractivity contribution in [3.8, 4) is 0 Å². The van der Waals surface area contributed by atoms with E-state index in [9.17, 15) is 0 Å². The summed E-state index contributed by atoms with van der Waals surface area (Å²) in [5.41, 5.74) is 2.87. The summed E-state index contributed by atoms with van der Waals surface area (Å²) in [4.78, 5) is 0. The van der Waals surface area contributed by atoms with Crippen LogP contribution in [0.3, 0.4) is 0 Å². The standard InChI is InChI=1S/C19H33N/c1-5-6-7-8-9-10-11-19(20-4)18-14-12-17(13-15-18)16(2)3/h12-16,19-20H,5-11H2,1-4H3. The fraction of sp³-hybridized carbons (Fsp3) is 0.684. The van der Waals surface area contributed by atoms with Gasteiger partial charge in [0.1, 0.15) is 0 Å². The maximum atomic E-state index is 3.47. The molecule has 114 valence electrons. The average Bonchev–Trinajstić information content (AvgIpc) is 2.47. The Hall–Kier alpha value is -0.820. The van der Waals surface area contributed by atoms with Gasteiger partial charge < -0.3 is 5.32 Å². The van der Waals surface area contributed by atoms with Gasteiger partial charge in [-0.25, -0.2) is 0 Å². The molecule has 20 heavy (non-hydrogen) atoms. The lowest BCUT2D eigenvalue weighted by Gasteiger charge is -2.17. The fourth-order valence-corrected chi connectivity index (χ4v) is 2.72. The zero-order chi connectivity index (χ0) is 14.8. The molecule has 1 unspecified atom stereocenters. The Bertz CT molecular complexity index is 339. The summed E-state index contributed by atoms with van der Waals surface area (Å²) in [6.45, 7) is 6.78. The van der Waals surface area contributed by atoms with E-state index in [4.69, 9.17) is 0 Å². The summed E-state index contributed by atoms with van der Waals surface area (Å²) in [6, 6.07) is 9.68. The average molecular weight is 275 g/mol. The van der Waals surface area contributed by atoms with Crippen LogP contribution in [0.15, 0.2) is 24.3 Å². The lowest BCUT2D eigenvalue weighted by atomic mass is 9.96. The SMILES string of the molecule is CCCCCCCCC(NC)c1ccc(C(C)C)cc1. The van der Waals surface area contributed by atoms with E-state index in [1.54, 1.807) is 0 Å². The molecule has 0 fully saturated rings. The molecular weight excluding hydrogens is 242 g/mol. The Morgan fingerprint density at radius 2 is 1.40 bits per heavy atom. The number of hydrogen-bond acceptors (Lipinski definition) is 1. The molecule has 0 aromatic heterocycles. The van der Waals surface area contributed by atoms with Gasteiger partial charge in [-0.05, 0) is 30.5 Å². The number of unbranched alkanes of at least 4 members (excludes halogenated alkanes) is 5. The smallest absolute Gasteiger partial charge is 0.0317 e. The normalized spacial score (nSPS) is 12.8. The van der Waals surface area contributed by atoms with Crippen molar-refractivity contribution >= 4 is 0 Å². The first-order valence-corrected chi connectivity index (χ1v) is 8.46. The Balaban J connectivity index is 2.37. The second kappa shape index (κ2) is 9.99. The fourth-order valence-electron chi connectivity index (χ4n) is 2.72. The molecule has 1 atom stereocenters. The molecule has 0 saturated heterocycles. The van der Waals surface area contributed by atoms with Crippen LogP contribution in [0.2, 0.25) is 0 Å². The van der Waals surface area contributed by atoms with Crippen molar-refractivity contribution < 1.29 is 0 Å². The van der Waals surface area contributed by atoms with Crippen molar-refractivity contribution in [3.63, 3.8) is 0 Å². The quantitative estimate of drug-likeness (QED) is 0.530. The van der Waals surface area contributed by atoms with Crippen LogP contribution in [0, 0.1) is 0 Å². The number of benzene rings is 1. The van der Waals surface area contributed by atoms with Crippen LogP contribution in [-0.4, -0.2) is 7.05 Å². The molecule has 1 aromatic carbocycles. The van der Waals surface area contributed by atoms with Gasteiger partial charge in [0.2, 0.25) is 0 Å². The minimum absolute atomic E-state index is 0.516. The lowest BCUT2D eigenvalue weighted by Crippen LogP contribution is -2.16. The number of rotatable bonds is 10. The van der Waals surface area contributed by atoms with E-state index in [0.29, 0.717) is 12.0 Å². The third-order valence-electron chi connectivity index (χ3n) is 4.20. The van der Waals surface area contributed by atoms with E-state index in [1.807, 2.05) is 0 Å². The predicted molar refractivity (Wildman–Crippen MR) is 90.3 cm³/mol. The maximum absolute atomic E-state index is 3.47. The van der Waals surface area contributed by atoms with Gasteiger partial charge in [-0.2, -0.15) is 0 Å². The Kier molecular flexibility index (Phi) is 8.60. The zero-order valence-electron chi connectivity index (χ0n) is 13.9. The van der Waals surface area contributed by atoms with Gasteiger partial charge in [0.15, 0.2) is 0 Å². The van der Waals surface area contributed by atoms with Crippen LogP contribution < -0.4 is 5.32 Å².